The first-order chi connectivity index (χ1) is 11.7. The van der Waals surface area contributed by atoms with E-state index in [4.69, 9.17) is 14.2 Å². The van der Waals surface area contributed by atoms with E-state index in [2.05, 4.69) is 5.32 Å². The SMILES string of the molecule is CCOCCOc1ccc(NC(=O)COc2cccc(C)c2)cc1. The summed E-state index contributed by atoms with van der Waals surface area (Å²) in [5, 5.41) is 2.79. The lowest BCUT2D eigenvalue weighted by Gasteiger charge is -2.09. The minimum atomic E-state index is -0.207. The fourth-order valence-electron chi connectivity index (χ4n) is 2.05. The van der Waals surface area contributed by atoms with E-state index >= 15 is 0 Å². The Morgan fingerprint density at radius 1 is 1.00 bits per heavy atom. The second-order valence-corrected chi connectivity index (χ2v) is 5.22. The van der Waals surface area contributed by atoms with E-state index in [0.29, 0.717) is 31.3 Å². The van der Waals surface area contributed by atoms with Crippen LogP contribution < -0.4 is 14.8 Å². The summed E-state index contributed by atoms with van der Waals surface area (Å²) in [6.07, 6.45) is 0. The van der Waals surface area contributed by atoms with Crippen LogP contribution in [0.5, 0.6) is 11.5 Å². The van der Waals surface area contributed by atoms with E-state index in [1.54, 1.807) is 12.1 Å². The molecule has 5 nitrogen and oxygen atoms in total. The van der Waals surface area contributed by atoms with Gasteiger partial charge in [-0.15, -0.1) is 0 Å². The Hall–Kier alpha value is -2.53. The molecule has 0 unspecified atom stereocenters. The van der Waals surface area contributed by atoms with Gasteiger partial charge in [0, 0.05) is 12.3 Å². The van der Waals surface area contributed by atoms with Crippen LogP contribution in [0.4, 0.5) is 5.69 Å². The molecule has 0 fully saturated rings. The molecule has 0 radical (unpaired) electrons. The van der Waals surface area contributed by atoms with Crippen molar-refractivity contribution in [3.05, 3.63) is 54.1 Å². The fourth-order valence-corrected chi connectivity index (χ4v) is 2.05. The summed E-state index contributed by atoms with van der Waals surface area (Å²) < 4.78 is 16.2. The van der Waals surface area contributed by atoms with Gasteiger partial charge in [0.05, 0.1) is 6.61 Å². The molecule has 2 aromatic rings. The highest BCUT2D eigenvalue weighted by Crippen LogP contribution is 2.16. The van der Waals surface area contributed by atoms with Crippen LogP contribution in [0.1, 0.15) is 12.5 Å². The number of aryl methyl sites for hydroxylation is 1. The summed E-state index contributed by atoms with van der Waals surface area (Å²) in [5.74, 6) is 1.22. The van der Waals surface area contributed by atoms with Gasteiger partial charge in [0.1, 0.15) is 18.1 Å². The summed E-state index contributed by atoms with van der Waals surface area (Å²) in [6, 6.07) is 14.8. The topological polar surface area (TPSA) is 56.8 Å². The first-order valence-corrected chi connectivity index (χ1v) is 7.97. The van der Waals surface area contributed by atoms with Gasteiger partial charge in [-0.2, -0.15) is 0 Å². The molecule has 0 bridgehead atoms. The van der Waals surface area contributed by atoms with Gasteiger partial charge in [0.15, 0.2) is 6.61 Å². The second-order valence-electron chi connectivity index (χ2n) is 5.22. The van der Waals surface area contributed by atoms with Crippen molar-refractivity contribution in [1.29, 1.82) is 0 Å². The Kier molecular flexibility index (Phi) is 7.11. The molecule has 0 aliphatic heterocycles. The van der Waals surface area contributed by atoms with Crippen molar-refractivity contribution in [2.24, 2.45) is 0 Å². The lowest BCUT2D eigenvalue weighted by Crippen LogP contribution is -2.20. The third kappa shape index (κ3) is 6.30. The molecule has 0 aromatic heterocycles. The van der Waals surface area contributed by atoms with Gasteiger partial charge in [-0.25, -0.2) is 0 Å². The normalized spacial score (nSPS) is 10.2. The number of hydrogen-bond acceptors (Lipinski definition) is 4. The Bertz CT molecular complexity index is 640. The number of anilines is 1. The molecule has 5 heteroatoms. The summed E-state index contributed by atoms with van der Waals surface area (Å²) in [7, 11) is 0. The second kappa shape index (κ2) is 9.57. The zero-order chi connectivity index (χ0) is 17.2. The minimum absolute atomic E-state index is 0.0317. The third-order valence-corrected chi connectivity index (χ3v) is 3.20. The van der Waals surface area contributed by atoms with Crippen LogP contribution in [0.25, 0.3) is 0 Å². The standard InChI is InChI=1S/C19H23NO4/c1-3-22-11-12-23-17-9-7-16(8-10-17)20-19(21)14-24-18-6-4-5-15(2)13-18/h4-10,13H,3,11-12,14H2,1-2H3,(H,20,21). The molecule has 0 atom stereocenters. The van der Waals surface area contributed by atoms with Crippen LogP contribution in [0.15, 0.2) is 48.5 Å². The molecule has 128 valence electrons. The van der Waals surface area contributed by atoms with Crippen molar-refractivity contribution >= 4 is 11.6 Å². The van der Waals surface area contributed by atoms with E-state index in [0.717, 1.165) is 11.3 Å². The molecule has 2 aromatic carbocycles. The van der Waals surface area contributed by atoms with Crippen LogP contribution >= 0.6 is 0 Å². The van der Waals surface area contributed by atoms with Crippen molar-refractivity contribution in [1.82, 2.24) is 0 Å². The van der Waals surface area contributed by atoms with Crippen LogP contribution in [-0.4, -0.2) is 32.3 Å². The highest BCUT2D eigenvalue weighted by Gasteiger charge is 2.04. The van der Waals surface area contributed by atoms with Gasteiger partial charge >= 0.3 is 0 Å². The first-order valence-electron chi connectivity index (χ1n) is 7.97. The van der Waals surface area contributed by atoms with Crippen molar-refractivity contribution < 1.29 is 19.0 Å². The van der Waals surface area contributed by atoms with E-state index < -0.39 is 0 Å². The number of benzene rings is 2. The molecule has 0 spiro atoms. The number of carbonyl (C=O) groups is 1. The molecule has 0 aliphatic rings. The Morgan fingerprint density at radius 3 is 2.50 bits per heavy atom. The number of rotatable bonds is 9. The number of nitrogens with one attached hydrogen (secondary N) is 1. The van der Waals surface area contributed by atoms with E-state index in [1.807, 2.05) is 50.2 Å². The summed E-state index contributed by atoms with van der Waals surface area (Å²) >= 11 is 0. The van der Waals surface area contributed by atoms with Gasteiger partial charge in [-0.1, -0.05) is 12.1 Å². The van der Waals surface area contributed by atoms with Crippen molar-refractivity contribution in [2.75, 3.05) is 31.7 Å². The van der Waals surface area contributed by atoms with Gasteiger partial charge in [0.2, 0.25) is 0 Å². The average Bonchev–Trinajstić information content (AvgIpc) is 2.58. The lowest BCUT2D eigenvalue weighted by molar-refractivity contribution is -0.118. The lowest BCUT2D eigenvalue weighted by atomic mass is 10.2. The molecule has 1 amide bonds. The zero-order valence-electron chi connectivity index (χ0n) is 14.1. The number of carbonyl (C=O) groups excluding carboxylic acids is 1. The molecule has 0 saturated heterocycles. The summed E-state index contributed by atoms with van der Waals surface area (Å²) in [6.45, 7) is 5.63. The van der Waals surface area contributed by atoms with Gasteiger partial charge in [-0.3, -0.25) is 4.79 Å². The van der Waals surface area contributed by atoms with Crippen LogP contribution in [0.3, 0.4) is 0 Å². The molecule has 24 heavy (non-hydrogen) atoms. The average molecular weight is 329 g/mol. The number of hydrogen-bond donors (Lipinski definition) is 1. The van der Waals surface area contributed by atoms with Crippen molar-refractivity contribution in [2.45, 2.75) is 13.8 Å². The highest BCUT2D eigenvalue weighted by atomic mass is 16.5. The maximum Gasteiger partial charge on any atom is 0.262 e. The monoisotopic (exact) mass is 329 g/mol. The predicted molar refractivity (Wildman–Crippen MR) is 93.7 cm³/mol. The number of amides is 1. The van der Waals surface area contributed by atoms with Crippen LogP contribution in [-0.2, 0) is 9.53 Å². The van der Waals surface area contributed by atoms with Crippen LogP contribution in [0.2, 0.25) is 0 Å². The molecular weight excluding hydrogens is 306 g/mol. The third-order valence-electron chi connectivity index (χ3n) is 3.20. The largest absolute Gasteiger partial charge is 0.491 e. The van der Waals surface area contributed by atoms with Gasteiger partial charge < -0.3 is 19.5 Å². The smallest absolute Gasteiger partial charge is 0.262 e. The summed E-state index contributed by atoms with van der Waals surface area (Å²) in [4.78, 5) is 11.9. The minimum Gasteiger partial charge on any atom is -0.491 e. The van der Waals surface area contributed by atoms with Crippen LogP contribution in [0, 0.1) is 6.92 Å². The van der Waals surface area contributed by atoms with Crippen molar-refractivity contribution in [3.63, 3.8) is 0 Å². The fraction of sp³-hybridized carbons (Fsp3) is 0.316. The summed E-state index contributed by atoms with van der Waals surface area (Å²) in [5.41, 5.74) is 1.79. The highest BCUT2D eigenvalue weighted by molar-refractivity contribution is 5.91. The Labute approximate surface area is 142 Å². The van der Waals surface area contributed by atoms with Gasteiger partial charge in [0.25, 0.3) is 5.91 Å². The molecule has 1 N–H and O–H groups in total. The Morgan fingerprint density at radius 2 is 1.79 bits per heavy atom. The van der Waals surface area contributed by atoms with E-state index in [1.165, 1.54) is 0 Å². The molecule has 0 saturated carbocycles. The first kappa shape index (κ1) is 17.8. The van der Waals surface area contributed by atoms with Gasteiger partial charge in [-0.05, 0) is 55.8 Å². The predicted octanol–water partition coefficient (Wildman–Crippen LogP) is 3.43. The quantitative estimate of drug-likeness (QED) is 0.716. The molecule has 0 aliphatic carbocycles. The Balaban J connectivity index is 1.75. The maximum atomic E-state index is 11.9. The van der Waals surface area contributed by atoms with E-state index in [-0.39, 0.29) is 12.5 Å². The zero-order valence-corrected chi connectivity index (χ0v) is 14.1. The molecular formula is C19H23NO4. The van der Waals surface area contributed by atoms with E-state index in [9.17, 15) is 4.79 Å². The van der Waals surface area contributed by atoms with Crippen molar-refractivity contribution in [3.8, 4) is 11.5 Å². The molecule has 2 rings (SSSR count). The maximum absolute atomic E-state index is 11.9. The number of ether oxygens (including phenoxy) is 3. The molecule has 0 heterocycles.